The number of hydrogen-bond donors (Lipinski definition) is 2. The molecule has 0 bridgehead atoms. The molecule has 5 nitrogen and oxygen atoms in total. The van der Waals surface area contributed by atoms with Gasteiger partial charge >= 0.3 is 11.9 Å². The fourth-order valence-corrected chi connectivity index (χ4v) is 13.0. The molecule has 0 aliphatic heterocycles. The molecule has 5 saturated carbocycles. The van der Waals surface area contributed by atoms with Crippen LogP contribution in [0.1, 0.15) is 139 Å². The highest BCUT2D eigenvalue weighted by Crippen LogP contribution is 2.78. The quantitative estimate of drug-likeness (QED) is 0.155. The maximum atomic E-state index is 13.0. The number of allylic oxidation sites excluding steroid dienone is 1. The number of carbonyl (C=O) groups excluding carboxylic acids is 1. The minimum atomic E-state index is -1.11. The number of carbonyl (C=O) groups is 2. The molecule has 5 rings (SSSR count). The molecule has 0 radical (unpaired) electrons. The summed E-state index contributed by atoms with van der Waals surface area (Å²) < 4.78 is 6.17. The predicted molar refractivity (Wildman–Crippen MR) is 178 cm³/mol. The van der Waals surface area contributed by atoms with Crippen LogP contribution in [0, 0.1) is 62.1 Å². The van der Waals surface area contributed by atoms with E-state index < -0.39 is 11.4 Å². The van der Waals surface area contributed by atoms with Crippen molar-refractivity contribution in [1.82, 2.24) is 5.32 Å². The topological polar surface area (TPSA) is 75.6 Å². The maximum absolute atomic E-state index is 13.0. The average Bonchev–Trinajstić information content (AvgIpc) is 3.30. The second kappa shape index (κ2) is 11.4. The first-order chi connectivity index (χ1) is 20.4. The van der Waals surface area contributed by atoms with Crippen LogP contribution in [0.15, 0.2) is 12.2 Å². The summed E-state index contributed by atoms with van der Waals surface area (Å²) in [4.78, 5) is 24.7. The largest absolute Gasteiger partial charge is 0.481 e. The van der Waals surface area contributed by atoms with Gasteiger partial charge in [-0.1, -0.05) is 53.7 Å². The molecule has 5 fully saturated rings. The van der Waals surface area contributed by atoms with Crippen LogP contribution in [0.2, 0.25) is 0 Å². The summed E-state index contributed by atoms with van der Waals surface area (Å²) >= 11 is 0. The van der Waals surface area contributed by atoms with Crippen LogP contribution in [-0.2, 0) is 14.3 Å². The summed E-state index contributed by atoms with van der Waals surface area (Å²) in [5, 5.41) is 13.2. The van der Waals surface area contributed by atoms with E-state index in [9.17, 15) is 14.7 Å². The summed E-state index contributed by atoms with van der Waals surface area (Å²) in [6.07, 6.45) is 13.6. The Morgan fingerprint density at radius 1 is 0.909 bits per heavy atom. The highest BCUT2D eigenvalue weighted by Gasteiger charge is 2.71. The molecule has 0 heterocycles. The number of carboxylic acid groups (broad SMARTS) is 1. The molecule has 0 spiro atoms. The van der Waals surface area contributed by atoms with E-state index >= 15 is 0 Å². The van der Waals surface area contributed by atoms with Crippen molar-refractivity contribution in [3.63, 3.8) is 0 Å². The molecule has 5 heteroatoms. The molecule has 0 aromatic carbocycles. The lowest BCUT2D eigenvalue weighted by molar-refractivity contribution is -0.250. The van der Waals surface area contributed by atoms with E-state index in [1.54, 1.807) is 13.8 Å². The first-order valence-electron chi connectivity index (χ1n) is 18.2. The van der Waals surface area contributed by atoms with Gasteiger partial charge in [0.05, 0.1) is 11.8 Å². The molecule has 44 heavy (non-hydrogen) atoms. The molecule has 3 unspecified atom stereocenters. The van der Waals surface area contributed by atoms with E-state index in [1.807, 2.05) is 0 Å². The van der Waals surface area contributed by atoms with Crippen molar-refractivity contribution in [2.75, 3.05) is 13.1 Å². The Morgan fingerprint density at radius 2 is 1.61 bits per heavy atom. The lowest BCUT2D eigenvalue weighted by Gasteiger charge is -2.73. The van der Waals surface area contributed by atoms with Gasteiger partial charge in [0.2, 0.25) is 0 Å². The summed E-state index contributed by atoms with van der Waals surface area (Å²) in [5.41, 5.74) is 1.51. The lowest BCUT2D eigenvalue weighted by Crippen LogP contribution is -2.66. The van der Waals surface area contributed by atoms with Crippen LogP contribution in [0.25, 0.3) is 0 Å². The monoisotopic (exact) mass is 611 g/mol. The van der Waals surface area contributed by atoms with Crippen molar-refractivity contribution in [3.8, 4) is 0 Å². The van der Waals surface area contributed by atoms with E-state index in [1.165, 1.54) is 63.4 Å². The van der Waals surface area contributed by atoms with Crippen LogP contribution in [-0.4, -0.2) is 36.2 Å². The van der Waals surface area contributed by atoms with Gasteiger partial charge in [-0.3, -0.25) is 9.59 Å². The van der Waals surface area contributed by atoms with Gasteiger partial charge in [0.15, 0.2) is 0 Å². The zero-order chi connectivity index (χ0) is 32.5. The molecule has 0 saturated heterocycles. The van der Waals surface area contributed by atoms with Gasteiger partial charge in [0.25, 0.3) is 0 Å². The second-order valence-electron chi connectivity index (χ2n) is 18.4. The Bertz CT molecular complexity index is 1140. The normalized spacial score (nSPS) is 44.5. The first-order valence-corrected chi connectivity index (χ1v) is 18.2. The van der Waals surface area contributed by atoms with Crippen LogP contribution in [0.5, 0.6) is 0 Å². The van der Waals surface area contributed by atoms with Gasteiger partial charge in [-0.25, -0.2) is 0 Å². The number of nitrogens with one attached hydrogen (secondary N) is 1. The lowest BCUT2D eigenvalue weighted by atomic mass is 9.32. The summed E-state index contributed by atoms with van der Waals surface area (Å²) in [7, 11) is 0. The number of esters is 1. The fourth-order valence-electron chi connectivity index (χ4n) is 13.0. The third kappa shape index (κ3) is 5.03. The van der Waals surface area contributed by atoms with Gasteiger partial charge in [-0.05, 0) is 156 Å². The van der Waals surface area contributed by atoms with Crippen molar-refractivity contribution in [2.24, 2.45) is 62.1 Å². The molecule has 5 aliphatic carbocycles. The summed E-state index contributed by atoms with van der Waals surface area (Å²) in [6, 6.07) is 0. The second-order valence-corrected chi connectivity index (χ2v) is 18.4. The van der Waals surface area contributed by atoms with Crippen LogP contribution in [0.3, 0.4) is 0 Å². The number of fused-ring (bicyclic) bond motifs is 7. The Kier molecular flexibility index (Phi) is 8.81. The minimum Gasteiger partial charge on any atom is -0.481 e. The molecule has 250 valence electrons. The van der Waals surface area contributed by atoms with E-state index in [4.69, 9.17) is 4.74 Å². The highest BCUT2D eigenvalue weighted by molar-refractivity contribution is 5.81. The van der Waals surface area contributed by atoms with Crippen LogP contribution < -0.4 is 5.32 Å². The molecule has 0 amide bonds. The van der Waals surface area contributed by atoms with E-state index in [2.05, 4.69) is 60.4 Å². The zero-order valence-corrected chi connectivity index (χ0v) is 29.7. The predicted octanol–water partition coefficient (Wildman–Crippen LogP) is 9.06. The SMILES string of the molecule is C=C(C)[C@@H]1CC[C@]2(CCNCC)CC[C@]3(C)[C@H](CCC4[C@@]5(C)CC[C@H](OC(=O)CC(C)(C)C(=O)O)C(C)(C)C5CC[C@]43C)C12. The molecular formula is C39H65NO4. The maximum Gasteiger partial charge on any atom is 0.309 e. The number of aliphatic carboxylic acids is 1. The summed E-state index contributed by atoms with van der Waals surface area (Å²) in [5.74, 6) is 2.05. The van der Waals surface area contributed by atoms with Crippen molar-refractivity contribution in [1.29, 1.82) is 0 Å². The molecule has 10 atom stereocenters. The molecule has 0 aromatic rings. The molecular weight excluding hydrogens is 546 g/mol. The van der Waals surface area contributed by atoms with Gasteiger partial charge < -0.3 is 15.2 Å². The number of rotatable bonds is 9. The zero-order valence-electron chi connectivity index (χ0n) is 29.7. The Labute approximate surface area is 269 Å². The van der Waals surface area contributed by atoms with Gasteiger partial charge in [-0.15, -0.1) is 0 Å². The summed E-state index contributed by atoms with van der Waals surface area (Å²) in [6.45, 7) is 27.2. The Hall–Kier alpha value is -1.36. The standard InChI is InChI=1S/C39H65NO4/c1-11-40-23-22-39-19-14-26(25(2)3)32(39)27-12-13-29-36(8)17-16-30(44-31(41)24-34(4,5)33(42)43)35(6,7)28(36)15-18-38(29,10)37(27,9)20-21-39/h26-30,32,40H,2,11-24H2,1,3-10H3,(H,42,43)/t26-,27+,28?,29?,30-,32?,36-,37+,38+,39+/m0/s1. The Morgan fingerprint density at radius 3 is 2.25 bits per heavy atom. The third-order valence-electron chi connectivity index (χ3n) is 15.7. The fraction of sp³-hybridized carbons (Fsp3) is 0.897. The molecule has 0 aromatic heterocycles. The Balaban J connectivity index is 1.40. The first kappa shape index (κ1) is 34.0. The van der Waals surface area contributed by atoms with Crippen molar-refractivity contribution >= 4 is 11.9 Å². The van der Waals surface area contributed by atoms with E-state index in [-0.39, 0.29) is 29.3 Å². The molecule has 2 N–H and O–H groups in total. The number of ether oxygens (including phenoxy) is 1. The molecule has 5 aliphatic rings. The smallest absolute Gasteiger partial charge is 0.309 e. The number of carboxylic acids is 1. The van der Waals surface area contributed by atoms with Gasteiger partial charge in [0, 0.05) is 5.41 Å². The van der Waals surface area contributed by atoms with E-state index in [0.29, 0.717) is 34.0 Å². The minimum absolute atomic E-state index is 0.0837. The van der Waals surface area contributed by atoms with Crippen molar-refractivity contribution in [2.45, 2.75) is 145 Å². The van der Waals surface area contributed by atoms with Crippen molar-refractivity contribution < 1.29 is 19.4 Å². The van der Waals surface area contributed by atoms with Crippen LogP contribution in [0.4, 0.5) is 0 Å². The average molecular weight is 612 g/mol. The van der Waals surface area contributed by atoms with Crippen molar-refractivity contribution in [3.05, 3.63) is 12.2 Å². The third-order valence-corrected chi connectivity index (χ3v) is 15.7. The highest BCUT2D eigenvalue weighted by atomic mass is 16.5. The van der Waals surface area contributed by atoms with Crippen LogP contribution >= 0.6 is 0 Å². The van der Waals surface area contributed by atoms with E-state index in [0.717, 1.165) is 37.8 Å². The van der Waals surface area contributed by atoms with Gasteiger partial charge in [-0.2, -0.15) is 0 Å². The van der Waals surface area contributed by atoms with Gasteiger partial charge in [0.1, 0.15) is 6.10 Å². The number of hydrogen-bond acceptors (Lipinski definition) is 4.